The van der Waals surface area contributed by atoms with Gasteiger partial charge in [-0.2, -0.15) is 0 Å². The van der Waals surface area contributed by atoms with Gasteiger partial charge in [0.15, 0.2) is 0 Å². The molecule has 0 fully saturated rings. The lowest BCUT2D eigenvalue weighted by atomic mass is 10.1. The lowest BCUT2D eigenvalue weighted by molar-refractivity contribution is -0.148. The third kappa shape index (κ3) is 6.54. The maximum Gasteiger partial charge on any atom is 0.331 e. The van der Waals surface area contributed by atoms with Gasteiger partial charge in [0.1, 0.15) is 29.7 Å². The molecule has 0 aliphatic rings. The normalized spacial score (nSPS) is 11.6. The molecule has 0 aliphatic carbocycles. The van der Waals surface area contributed by atoms with E-state index in [1.165, 1.54) is 12.3 Å². The van der Waals surface area contributed by atoms with Crippen LogP contribution < -0.4 is 10.1 Å². The van der Waals surface area contributed by atoms with Crippen LogP contribution in [0.4, 0.5) is 10.2 Å². The topological polar surface area (TPSA) is 91.2 Å². The SMILES string of the molecule is COc1cc(-c2nc(CF)cn2C)ccc1CNc1nc(Cl)ncc1/C=C/C(=O)OC(C)(C)C. The van der Waals surface area contributed by atoms with Crippen molar-refractivity contribution in [3.05, 3.63) is 58.8 Å². The highest BCUT2D eigenvalue weighted by Gasteiger charge is 2.15. The number of esters is 1. The summed E-state index contributed by atoms with van der Waals surface area (Å²) in [6.07, 6.45) is 6.05. The van der Waals surface area contributed by atoms with E-state index in [-0.39, 0.29) is 5.28 Å². The molecule has 34 heavy (non-hydrogen) atoms. The number of anilines is 1. The van der Waals surface area contributed by atoms with E-state index in [9.17, 15) is 9.18 Å². The second kappa shape index (κ2) is 10.6. The zero-order chi connectivity index (χ0) is 24.9. The predicted octanol–water partition coefficient (Wildman–Crippen LogP) is 4.98. The molecule has 0 saturated carbocycles. The van der Waals surface area contributed by atoms with E-state index in [1.807, 2.05) is 25.2 Å². The first-order valence-corrected chi connectivity index (χ1v) is 10.9. The van der Waals surface area contributed by atoms with Crippen molar-refractivity contribution in [2.75, 3.05) is 12.4 Å². The van der Waals surface area contributed by atoms with Crippen molar-refractivity contribution in [3.63, 3.8) is 0 Å². The number of carbonyl (C=O) groups is 1. The third-order valence-electron chi connectivity index (χ3n) is 4.65. The quantitative estimate of drug-likeness (QED) is 0.272. The molecular weight excluding hydrogens is 461 g/mol. The van der Waals surface area contributed by atoms with Gasteiger partial charge in [0.25, 0.3) is 0 Å². The van der Waals surface area contributed by atoms with Gasteiger partial charge in [-0.15, -0.1) is 0 Å². The van der Waals surface area contributed by atoms with Crippen LogP contribution in [0, 0.1) is 0 Å². The summed E-state index contributed by atoms with van der Waals surface area (Å²) in [6, 6.07) is 5.63. The Morgan fingerprint density at radius 2 is 2.06 bits per heavy atom. The summed E-state index contributed by atoms with van der Waals surface area (Å²) in [4.78, 5) is 24.6. The monoisotopic (exact) mass is 487 g/mol. The number of alkyl halides is 1. The van der Waals surface area contributed by atoms with E-state index in [1.54, 1.807) is 44.7 Å². The van der Waals surface area contributed by atoms with Gasteiger partial charge < -0.3 is 19.4 Å². The van der Waals surface area contributed by atoms with Crippen molar-refractivity contribution < 1.29 is 18.7 Å². The number of hydrogen-bond donors (Lipinski definition) is 1. The maximum atomic E-state index is 13.0. The highest BCUT2D eigenvalue weighted by Crippen LogP contribution is 2.28. The number of nitrogens with zero attached hydrogens (tertiary/aromatic N) is 4. The van der Waals surface area contributed by atoms with Crippen LogP contribution in [0.1, 0.15) is 37.6 Å². The fourth-order valence-electron chi connectivity index (χ4n) is 3.20. The summed E-state index contributed by atoms with van der Waals surface area (Å²) in [5, 5.41) is 3.28. The van der Waals surface area contributed by atoms with Crippen molar-refractivity contribution in [1.82, 2.24) is 19.5 Å². The zero-order valence-electron chi connectivity index (χ0n) is 19.7. The number of carbonyl (C=O) groups excluding carboxylic acids is 1. The van der Waals surface area contributed by atoms with Crippen LogP contribution in [0.5, 0.6) is 5.75 Å². The first-order valence-electron chi connectivity index (χ1n) is 10.5. The highest BCUT2D eigenvalue weighted by atomic mass is 35.5. The molecule has 3 aromatic rings. The number of benzene rings is 1. The van der Waals surface area contributed by atoms with E-state index in [0.29, 0.717) is 35.2 Å². The zero-order valence-corrected chi connectivity index (χ0v) is 20.5. The fourth-order valence-corrected chi connectivity index (χ4v) is 3.33. The Kier molecular flexibility index (Phi) is 7.88. The molecule has 8 nitrogen and oxygen atoms in total. The van der Waals surface area contributed by atoms with Gasteiger partial charge in [-0.05, 0) is 44.5 Å². The molecule has 1 aromatic carbocycles. The number of nitrogens with one attached hydrogen (secondary N) is 1. The summed E-state index contributed by atoms with van der Waals surface area (Å²) >= 11 is 5.99. The Balaban J connectivity index is 1.80. The number of hydrogen-bond acceptors (Lipinski definition) is 7. The number of methoxy groups -OCH3 is 1. The standard InChI is InChI=1S/C24H27ClFN5O3/c1-24(2,3)34-20(32)9-8-17-13-28-23(25)30-21(17)27-12-16-7-6-15(10-19(16)33-5)22-29-18(11-26)14-31(22)4/h6-10,13-14H,11-12H2,1-5H3,(H,27,28,30)/b9-8+. The van der Waals surface area contributed by atoms with Crippen LogP contribution in [-0.2, 0) is 29.8 Å². The van der Waals surface area contributed by atoms with Gasteiger partial charge in [-0.1, -0.05) is 12.1 Å². The first kappa shape index (κ1) is 25.2. The number of ether oxygens (including phenoxy) is 2. The number of aromatic nitrogens is 4. The number of rotatable bonds is 8. The third-order valence-corrected chi connectivity index (χ3v) is 4.83. The molecule has 180 valence electrons. The summed E-state index contributed by atoms with van der Waals surface area (Å²) < 4.78 is 25.6. The van der Waals surface area contributed by atoms with E-state index in [0.717, 1.165) is 11.1 Å². The molecule has 0 atom stereocenters. The largest absolute Gasteiger partial charge is 0.496 e. The number of halogens is 2. The van der Waals surface area contributed by atoms with Crippen LogP contribution >= 0.6 is 11.6 Å². The van der Waals surface area contributed by atoms with Crippen molar-refractivity contribution in [1.29, 1.82) is 0 Å². The van der Waals surface area contributed by atoms with E-state index in [2.05, 4.69) is 20.3 Å². The van der Waals surface area contributed by atoms with Gasteiger partial charge >= 0.3 is 5.97 Å². The Hall–Kier alpha value is -3.46. The molecule has 0 aliphatic heterocycles. The molecule has 10 heteroatoms. The minimum Gasteiger partial charge on any atom is -0.496 e. The molecule has 0 radical (unpaired) electrons. The van der Waals surface area contributed by atoms with E-state index < -0.39 is 18.2 Å². The van der Waals surface area contributed by atoms with Crippen LogP contribution in [0.3, 0.4) is 0 Å². The van der Waals surface area contributed by atoms with Crippen molar-refractivity contribution in [2.45, 2.75) is 39.6 Å². The summed E-state index contributed by atoms with van der Waals surface area (Å²) in [5.41, 5.74) is 1.99. The van der Waals surface area contributed by atoms with Gasteiger partial charge in [0.05, 0.1) is 12.8 Å². The molecule has 1 N–H and O–H groups in total. The van der Waals surface area contributed by atoms with Crippen molar-refractivity contribution >= 4 is 29.5 Å². The second-order valence-corrected chi connectivity index (χ2v) is 8.83. The smallest absolute Gasteiger partial charge is 0.331 e. The van der Waals surface area contributed by atoms with Gasteiger partial charge in [0, 0.05) is 48.8 Å². The molecular formula is C24H27ClFN5O3. The number of aryl methyl sites for hydroxylation is 1. The molecule has 0 saturated heterocycles. The molecule has 0 unspecified atom stereocenters. The molecule has 3 rings (SSSR count). The average molecular weight is 488 g/mol. The Labute approximate surface area is 202 Å². The van der Waals surface area contributed by atoms with Crippen LogP contribution in [0.25, 0.3) is 17.5 Å². The molecule has 2 heterocycles. The van der Waals surface area contributed by atoms with Crippen LogP contribution in [0.2, 0.25) is 5.28 Å². The number of imidazole rings is 1. The summed E-state index contributed by atoms with van der Waals surface area (Å²) in [7, 11) is 3.39. The van der Waals surface area contributed by atoms with Crippen molar-refractivity contribution in [2.24, 2.45) is 7.05 Å². The van der Waals surface area contributed by atoms with Gasteiger partial charge in [-0.3, -0.25) is 0 Å². The Morgan fingerprint density at radius 1 is 1.29 bits per heavy atom. The van der Waals surface area contributed by atoms with E-state index in [4.69, 9.17) is 21.1 Å². The molecule has 0 amide bonds. The lowest BCUT2D eigenvalue weighted by Gasteiger charge is -2.18. The van der Waals surface area contributed by atoms with Crippen molar-refractivity contribution in [3.8, 4) is 17.1 Å². The Morgan fingerprint density at radius 3 is 2.71 bits per heavy atom. The summed E-state index contributed by atoms with van der Waals surface area (Å²) in [6.45, 7) is 5.12. The van der Waals surface area contributed by atoms with Crippen LogP contribution in [-0.4, -0.2) is 38.2 Å². The van der Waals surface area contributed by atoms with Gasteiger partial charge in [0.2, 0.25) is 5.28 Å². The minimum absolute atomic E-state index is 0.0673. The fraction of sp³-hybridized carbons (Fsp3) is 0.333. The molecule has 0 bridgehead atoms. The van der Waals surface area contributed by atoms with Gasteiger partial charge in [-0.25, -0.2) is 24.1 Å². The summed E-state index contributed by atoms with van der Waals surface area (Å²) in [5.74, 6) is 1.24. The predicted molar refractivity (Wildman–Crippen MR) is 129 cm³/mol. The second-order valence-electron chi connectivity index (χ2n) is 8.49. The maximum absolute atomic E-state index is 13.0. The van der Waals surface area contributed by atoms with E-state index >= 15 is 0 Å². The molecule has 0 spiro atoms. The first-order chi connectivity index (χ1) is 16.1. The lowest BCUT2D eigenvalue weighted by Crippen LogP contribution is -2.22. The Bertz CT molecular complexity index is 1200. The van der Waals surface area contributed by atoms with Crippen LogP contribution in [0.15, 0.2) is 36.7 Å². The average Bonchev–Trinajstić information content (AvgIpc) is 3.16. The minimum atomic E-state index is -0.626. The highest BCUT2D eigenvalue weighted by molar-refractivity contribution is 6.28. The molecule has 2 aromatic heterocycles.